The number of esters is 1. The van der Waals surface area contributed by atoms with Crippen LogP contribution in [-0.4, -0.2) is 50.7 Å². The van der Waals surface area contributed by atoms with Crippen LogP contribution in [0, 0.1) is 11.2 Å². The molecule has 7 heteroatoms. The third kappa shape index (κ3) is 4.98. The van der Waals surface area contributed by atoms with Crippen LogP contribution in [0.2, 0.25) is 0 Å². The molecule has 0 aromatic heterocycles. The second-order valence-electron chi connectivity index (χ2n) is 7.70. The molecule has 31 heavy (non-hydrogen) atoms. The molecule has 1 fully saturated rings. The van der Waals surface area contributed by atoms with E-state index < -0.39 is 5.41 Å². The van der Waals surface area contributed by atoms with Gasteiger partial charge in [0, 0.05) is 18.7 Å². The van der Waals surface area contributed by atoms with E-state index >= 15 is 0 Å². The summed E-state index contributed by atoms with van der Waals surface area (Å²) < 4.78 is 29.3. The van der Waals surface area contributed by atoms with Crippen LogP contribution in [0.3, 0.4) is 0 Å². The highest BCUT2D eigenvalue weighted by molar-refractivity contribution is 5.95. The van der Waals surface area contributed by atoms with Gasteiger partial charge in [0.2, 0.25) is 0 Å². The molecule has 0 radical (unpaired) electrons. The van der Waals surface area contributed by atoms with Gasteiger partial charge in [0.1, 0.15) is 5.82 Å². The average Bonchev–Trinajstić information content (AvgIpc) is 2.80. The van der Waals surface area contributed by atoms with Gasteiger partial charge in [-0.05, 0) is 62.1 Å². The third-order valence-electron chi connectivity index (χ3n) is 5.66. The number of likely N-dealkylation sites (tertiary alicyclic amines) is 1. The van der Waals surface area contributed by atoms with Crippen molar-refractivity contribution in [3.8, 4) is 11.5 Å². The smallest absolute Gasteiger partial charge is 0.314 e. The van der Waals surface area contributed by atoms with Crippen molar-refractivity contribution in [2.45, 2.75) is 26.2 Å². The van der Waals surface area contributed by atoms with E-state index in [-0.39, 0.29) is 30.8 Å². The molecule has 0 bridgehead atoms. The zero-order valence-corrected chi connectivity index (χ0v) is 18.2. The van der Waals surface area contributed by atoms with Crippen LogP contribution in [0.15, 0.2) is 42.5 Å². The van der Waals surface area contributed by atoms with E-state index in [2.05, 4.69) is 0 Å². The van der Waals surface area contributed by atoms with Crippen molar-refractivity contribution in [3.63, 3.8) is 0 Å². The zero-order chi connectivity index (χ0) is 22.4. The molecule has 0 saturated carbocycles. The Labute approximate surface area is 181 Å². The first-order chi connectivity index (χ1) is 14.9. The summed E-state index contributed by atoms with van der Waals surface area (Å²) >= 11 is 0. The number of piperidine rings is 1. The van der Waals surface area contributed by atoms with Crippen LogP contribution in [0.1, 0.15) is 35.7 Å². The molecule has 1 atom stereocenters. The number of carbonyl (C=O) groups is 2. The molecule has 0 spiro atoms. The number of nitrogens with zero attached hydrogens (tertiary/aromatic N) is 1. The summed E-state index contributed by atoms with van der Waals surface area (Å²) in [5, 5.41) is 0. The molecular weight excluding hydrogens is 401 g/mol. The van der Waals surface area contributed by atoms with Crippen LogP contribution >= 0.6 is 0 Å². The molecule has 0 N–H and O–H groups in total. The normalized spacial score (nSPS) is 18.4. The Morgan fingerprint density at radius 2 is 1.77 bits per heavy atom. The quantitative estimate of drug-likeness (QED) is 0.625. The van der Waals surface area contributed by atoms with Gasteiger partial charge in [-0.3, -0.25) is 9.59 Å². The summed E-state index contributed by atoms with van der Waals surface area (Å²) in [4.78, 5) is 28.0. The highest BCUT2D eigenvalue weighted by atomic mass is 19.1. The highest BCUT2D eigenvalue weighted by Gasteiger charge is 2.45. The number of methoxy groups -OCH3 is 2. The van der Waals surface area contributed by atoms with Gasteiger partial charge in [0.15, 0.2) is 11.5 Å². The van der Waals surface area contributed by atoms with Crippen LogP contribution < -0.4 is 9.47 Å². The second-order valence-corrected chi connectivity index (χ2v) is 7.70. The topological polar surface area (TPSA) is 65.1 Å². The van der Waals surface area contributed by atoms with Crippen LogP contribution in [-0.2, 0) is 16.0 Å². The molecule has 1 aliphatic heterocycles. The van der Waals surface area contributed by atoms with Crippen molar-refractivity contribution in [1.82, 2.24) is 4.90 Å². The Balaban J connectivity index is 1.88. The highest BCUT2D eigenvalue weighted by Crippen LogP contribution is 2.36. The standard InChI is InChI=1S/C24H28FNO5/c1-4-31-23(28)24(15-17-6-9-19(25)10-7-17)12-5-13-26(16-24)22(27)18-8-11-20(29-2)21(14-18)30-3/h6-11,14H,4-5,12-13,15-16H2,1-3H3/t24-/m0/s1. The predicted octanol–water partition coefficient (Wildman–Crippen LogP) is 3.87. The van der Waals surface area contributed by atoms with E-state index in [4.69, 9.17) is 14.2 Å². The first-order valence-electron chi connectivity index (χ1n) is 10.4. The number of benzene rings is 2. The van der Waals surface area contributed by atoms with E-state index in [9.17, 15) is 14.0 Å². The summed E-state index contributed by atoms with van der Waals surface area (Å²) in [5.74, 6) is 0.156. The Morgan fingerprint density at radius 1 is 1.06 bits per heavy atom. The zero-order valence-electron chi connectivity index (χ0n) is 18.2. The lowest BCUT2D eigenvalue weighted by Gasteiger charge is -2.41. The molecule has 2 aromatic rings. The van der Waals surface area contributed by atoms with E-state index in [1.165, 1.54) is 26.4 Å². The summed E-state index contributed by atoms with van der Waals surface area (Å²) in [5.41, 5.74) is 0.409. The monoisotopic (exact) mass is 429 g/mol. The SMILES string of the molecule is CCOC(=O)[C@]1(Cc2ccc(F)cc2)CCCN(C(=O)c2ccc(OC)c(OC)c2)C1. The minimum atomic E-state index is -0.877. The maximum Gasteiger partial charge on any atom is 0.314 e. The summed E-state index contributed by atoms with van der Waals surface area (Å²) in [6, 6.07) is 11.1. The molecule has 0 unspecified atom stereocenters. The summed E-state index contributed by atoms with van der Waals surface area (Å²) in [7, 11) is 3.05. The molecule has 1 saturated heterocycles. The average molecular weight is 429 g/mol. The van der Waals surface area contributed by atoms with Crippen LogP contribution in [0.5, 0.6) is 11.5 Å². The fourth-order valence-electron chi connectivity index (χ4n) is 4.12. The number of ether oxygens (including phenoxy) is 3. The van der Waals surface area contributed by atoms with Gasteiger partial charge in [-0.15, -0.1) is 0 Å². The molecule has 1 aliphatic rings. The lowest BCUT2D eigenvalue weighted by atomic mass is 9.75. The van der Waals surface area contributed by atoms with Crippen molar-refractivity contribution in [1.29, 1.82) is 0 Å². The Morgan fingerprint density at radius 3 is 2.42 bits per heavy atom. The van der Waals surface area contributed by atoms with Gasteiger partial charge in [-0.2, -0.15) is 0 Å². The van der Waals surface area contributed by atoms with Gasteiger partial charge in [-0.25, -0.2) is 4.39 Å². The van der Waals surface area contributed by atoms with Crippen molar-refractivity contribution in [2.24, 2.45) is 5.41 Å². The second kappa shape index (κ2) is 9.81. The molecule has 6 nitrogen and oxygen atoms in total. The maximum absolute atomic E-state index is 13.3. The van der Waals surface area contributed by atoms with E-state index in [0.29, 0.717) is 42.9 Å². The largest absolute Gasteiger partial charge is 0.493 e. The summed E-state index contributed by atoms with van der Waals surface area (Å²) in [6.45, 7) is 2.79. The first kappa shape index (κ1) is 22.6. The van der Waals surface area contributed by atoms with E-state index in [0.717, 1.165) is 5.56 Å². The van der Waals surface area contributed by atoms with Crippen LogP contribution in [0.4, 0.5) is 4.39 Å². The third-order valence-corrected chi connectivity index (χ3v) is 5.66. The van der Waals surface area contributed by atoms with E-state index in [1.807, 2.05) is 0 Å². The summed E-state index contributed by atoms with van der Waals surface area (Å²) in [6.07, 6.45) is 1.64. The molecule has 1 heterocycles. The van der Waals surface area contributed by atoms with Gasteiger partial charge in [0.05, 0.1) is 26.2 Å². The van der Waals surface area contributed by atoms with Crippen molar-refractivity contribution < 1.29 is 28.2 Å². The van der Waals surface area contributed by atoms with Gasteiger partial charge in [-0.1, -0.05) is 12.1 Å². The Hall–Kier alpha value is -3.09. The fraction of sp³-hybridized carbons (Fsp3) is 0.417. The minimum absolute atomic E-state index is 0.187. The number of halogens is 1. The maximum atomic E-state index is 13.3. The molecule has 166 valence electrons. The molecule has 3 rings (SSSR count). The molecule has 2 aromatic carbocycles. The number of rotatable bonds is 7. The van der Waals surface area contributed by atoms with Crippen molar-refractivity contribution >= 4 is 11.9 Å². The van der Waals surface area contributed by atoms with Gasteiger partial charge >= 0.3 is 5.97 Å². The lowest BCUT2D eigenvalue weighted by molar-refractivity contribution is -0.158. The van der Waals surface area contributed by atoms with E-state index in [1.54, 1.807) is 42.2 Å². The number of hydrogen-bond donors (Lipinski definition) is 0. The van der Waals surface area contributed by atoms with Crippen molar-refractivity contribution in [3.05, 3.63) is 59.4 Å². The first-order valence-corrected chi connectivity index (χ1v) is 10.4. The number of carbonyl (C=O) groups excluding carboxylic acids is 2. The minimum Gasteiger partial charge on any atom is -0.493 e. The van der Waals surface area contributed by atoms with Crippen LogP contribution in [0.25, 0.3) is 0 Å². The molecule has 1 amide bonds. The van der Waals surface area contributed by atoms with Gasteiger partial charge < -0.3 is 19.1 Å². The molecule has 0 aliphatic carbocycles. The number of amides is 1. The lowest BCUT2D eigenvalue weighted by Crippen LogP contribution is -2.51. The Bertz CT molecular complexity index is 930. The number of hydrogen-bond acceptors (Lipinski definition) is 5. The van der Waals surface area contributed by atoms with Crippen molar-refractivity contribution in [2.75, 3.05) is 33.9 Å². The predicted molar refractivity (Wildman–Crippen MR) is 114 cm³/mol. The Kier molecular flexibility index (Phi) is 7.15. The molecular formula is C24H28FNO5. The fourth-order valence-corrected chi connectivity index (χ4v) is 4.12. The van der Waals surface area contributed by atoms with Gasteiger partial charge in [0.25, 0.3) is 5.91 Å².